The van der Waals surface area contributed by atoms with Crippen molar-refractivity contribution in [3.05, 3.63) is 47.8 Å². The number of anilines is 2. The molecule has 1 aliphatic carbocycles. The van der Waals surface area contributed by atoms with Crippen molar-refractivity contribution in [2.24, 2.45) is 11.3 Å². The average molecular weight is 588 g/mol. The monoisotopic (exact) mass is 587 g/mol. The third kappa shape index (κ3) is 6.36. The topological polar surface area (TPSA) is 49.8 Å². The Morgan fingerprint density at radius 2 is 1.79 bits per heavy atom. The summed E-state index contributed by atoms with van der Waals surface area (Å²) in [5.74, 6) is -7.54. The van der Waals surface area contributed by atoms with Gasteiger partial charge >= 0.3 is 12.1 Å². The summed E-state index contributed by atoms with van der Waals surface area (Å²) in [4.78, 5) is 12.8. The van der Waals surface area contributed by atoms with E-state index in [9.17, 15) is 45.0 Å². The molecule has 1 saturated carbocycles. The van der Waals surface area contributed by atoms with Gasteiger partial charge in [0.15, 0.2) is 5.50 Å². The number of fused-ring (bicyclic) bond motifs is 1. The lowest BCUT2D eigenvalue weighted by Crippen LogP contribution is -2.54. The molecule has 0 bridgehead atoms. The lowest BCUT2D eigenvalue weighted by atomic mass is 9.66. The third-order valence-corrected chi connectivity index (χ3v) is 7.92. The largest absolute Gasteiger partial charge is 0.492 e. The molecular formula is C25H22F9NO3S. The van der Waals surface area contributed by atoms with Gasteiger partial charge < -0.3 is 14.7 Å². The van der Waals surface area contributed by atoms with E-state index in [1.54, 1.807) is 0 Å². The minimum atomic E-state index is -5.06. The van der Waals surface area contributed by atoms with Crippen LogP contribution >= 0.6 is 11.8 Å². The summed E-state index contributed by atoms with van der Waals surface area (Å²) in [5.41, 5.74) is -5.28. The van der Waals surface area contributed by atoms with Crippen LogP contribution in [0.2, 0.25) is 0 Å². The van der Waals surface area contributed by atoms with Crippen molar-refractivity contribution in [3.8, 4) is 5.75 Å². The Balaban J connectivity index is 1.76. The Kier molecular flexibility index (Phi) is 7.99. The normalized spacial score (nSPS) is 22.2. The Bertz CT molecular complexity index is 1200. The zero-order valence-corrected chi connectivity index (χ0v) is 20.8. The first-order valence-electron chi connectivity index (χ1n) is 11.7. The maximum absolute atomic E-state index is 15.3. The van der Waals surface area contributed by atoms with E-state index in [0.29, 0.717) is 17.8 Å². The highest BCUT2D eigenvalue weighted by molar-refractivity contribution is 8.00. The average Bonchev–Trinajstić information content (AvgIpc) is 2.94. The molecule has 214 valence electrons. The molecule has 0 amide bonds. The zero-order valence-electron chi connectivity index (χ0n) is 20.0. The van der Waals surface area contributed by atoms with Gasteiger partial charge in [0.25, 0.3) is 5.92 Å². The van der Waals surface area contributed by atoms with Gasteiger partial charge in [0.1, 0.15) is 23.6 Å². The summed E-state index contributed by atoms with van der Waals surface area (Å²) in [6.07, 6.45) is -11.0. The predicted molar refractivity (Wildman–Crippen MR) is 124 cm³/mol. The second-order valence-electron chi connectivity index (χ2n) is 9.68. The van der Waals surface area contributed by atoms with Crippen molar-refractivity contribution in [2.45, 2.75) is 54.6 Å². The number of nitrogens with zero attached hydrogens (tertiary/aromatic N) is 1. The number of aliphatic carboxylic acids is 1. The van der Waals surface area contributed by atoms with Gasteiger partial charge in [-0.2, -0.15) is 13.2 Å². The quantitative estimate of drug-likeness (QED) is 0.318. The summed E-state index contributed by atoms with van der Waals surface area (Å²) in [6, 6.07) is 6.06. The number of hydrogen-bond acceptors (Lipinski definition) is 4. The molecule has 0 saturated heterocycles. The standard InChI is InChI=1S/C25H22F9NO3S/c26-14-2-4-15(5-3-14)35-9-13(1-6-20(27)28)21(29)39-19-8-18(16(7-17(19)35)25(32,33)34)38-12-23(22(36)37)10-24(30,31)11-23/h2-5,7-8,13,20-21H,1,6,9-12H2,(H,36,37). The van der Waals surface area contributed by atoms with Crippen LogP contribution in [0.5, 0.6) is 5.75 Å². The highest BCUT2D eigenvalue weighted by atomic mass is 32.2. The number of ether oxygens (including phenoxy) is 1. The van der Waals surface area contributed by atoms with Crippen LogP contribution < -0.4 is 9.64 Å². The molecule has 2 aromatic carbocycles. The predicted octanol–water partition coefficient (Wildman–Crippen LogP) is 7.92. The fraction of sp³-hybridized carbons (Fsp3) is 0.480. The Morgan fingerprint density at radius 3 is 2.33 bits per heavy atom. The van der Waals surface area contributed by atoms with Gasteiger partial charge in [-0.3, -0.25) is 4.79 Å². The second kappa shape index (κ2) is 10.7. The van der Waals surface area contributed by atoms with Gasteiger partial charge in [-0.1, -0.05) is 11.8 Å². The molecule has 2 aromatic rings. The number of thioether (sulfide) groups is 1. The molecule has 14 heteroatoms. The molecule has 1 N–H and O–H groups in total. The number of halogens is 9. The number of carbonyl (C=O) groups is 1. The van der Waals surface area contributed by atoms with Crippen molar-refractivity contribution < 1.29 is 54.2 Å². The van der Waals surface area contributed by atoms with Crippen LogP contribution in [-0.2, 0) is 11.0 Å². The van der Waals surface area contributed by atoms with Crippen molar-refractivity contribution in [2.75, 3.05) is 18.1 Å². The number of hydrogen-bond donors (Lipinski definition) is 1. The first-order chi connectivity index (χ1) is 18.1. The minimum Gasteiger partial charge on any atom is -0.492 e. The van der Waals surface area contributed by atoms with Crippen molar-refractivity contribution in [1.82, 2.24) is 0 Å². The van der Waals surface area contributed by atoms with Crippen LogP contribution in [0, 0.1) is 17.2 Å². The van der Waals surface area contributed by atoms with E-state index < -0.39 is 84.3 Å². The van der Waals surface area contributed by atoms with E-state index in [-0.39, 0.29) is 29.2 Å². The molecule has 0 aromatic heterocycles. The van der Waals surface area contributed by atoms with Crippen LogP contribution in [0.1, 0.15) is 31.2 Å². The Hall–Kier alpha value is -2.77. The van der Waals surface area contributed by atoms with E-state index in [2.05, 4.69) is 0 Å². The van der Waals surface area contributed by atoms with Crippen molar-refractivity contribution >= 4 is 29.1 Å². The first kappa shape index (κ1) is 29.2. The maximum atomic E-state index is 15.3. The van der Waals surface area contributed by atoms with Gasteiger partial charge in [0.2, 0.25) is 6.43 Å². The highest BCUT2D eigenvalue weighted by Crippen LogP contribution is 2.54. The lowest BCUT2D eigenvalue weighted by Gasteiger charge is -2.43. The fourth-order valence-corrected chi connectivity index (χ4v) is 5.85. The van der Waals surface area contributed by atoms with Crippen LogP contribution in [-0.4, -0.2) is 42.1 Å². The van der Waals surface area contributed by atoms with E-state index in [1.807, 2.05) is 0 Å². The van der Waals surface area contributed by atoms with Gasteiger partial charge in [-0.05, 0) is 42.8 Å². The van der Waals surface area contributed by atoms with Crippen LogP contribution in [0.25, 0.3) is 0 Å². The van der Waals surface area contributed by atoms with E-state index in [4.69, 9.17) is 4.74 Å². The van der Waals surface area contributed by atoms with Crippen molar-refractivity contribution in [3.63, 3.8) is 0 Å². The third-order valence-electron chi connectivity index (χ3n) is 6.73. The molecule has 4 rings (SSSR count). The molecule has 1 heterocycles. The molecule has 2 atom stereocenters. The number of alkyl halides is 8. The van der Waals surface area contributed by atoms with Crippen LogP contribution in [0.4, 0.5) is 50.9 Å². The molecule has 4 nitrogen and oxygen atoms in total. The summed E-state index contributed by atoms with van der Waals surface area (Å²) >= 11 is 0.476. The summed E-state index contributed by atoms with van der Waals surface area (Å²) in [7, 11) is 0. The SMILES string of the molecule is O=C(O)C1(COc2cc3c(cc2C(F)(F)F)N(c2ccc(F)cc2)CC(CCC(F)F)C(F)S3)CC(F)(F)C1. The molecule has 2 aliphatic rings. The van der Waals surface area contributed by atoms with Crippen LogP contribution in [0.15, 0.2) is 41.3 Å². The molecular weight excluding hydrogens is 565 g/mol. The fourth-order valence-electron chi connectivity index (χ4n) is 4.73. The summed E-state index contributed by atoms with van der Waals surface area (Å²) < 4.78 is 129. The van der Waals surface area contributed by atoms with Crippen molar-refractivity contribution in [1.29, 1.82) is 0 Å². The highest BCUT2D eigenvalue weighted by Gasteiger charge is 2.62. The number of carboxylic acid groups (broad SMARTS) is 1. The molecule has 39 heavy (non-hydrogen) atoms. The summed E-state index contributed by atoms with van der Waals surface area (Å²) in [6.45, 7) is -1.28. The summed E-state index contributed by atoms with van der Waals surface area (Å²) in [5, 5.41) is 9.41. The minimum absolute atomic E-state index is 0.0855. The molecule has 2 unspecified atom stereocenters. The van der Waals surface area contributed by atoms with Crippen LogP contribution in [0.3, 0.4) is 0 Å². The van der Waals surface area contributed by atoms with Gasteiger partial charge in [-0.15, -0.1) is 0 Å². The maximum Gasteiger partial charge on any atom is 0.420 e. The van der Waals surface area contributed by atoms with Gasteiger partial charge in [0, 0.05) is 42.3 Å². The van der Waals surface area contributed by atoms with E-state index >= 15 is 4.39 Å². The molecule has 1 aliphatic heterocycles. The smallest absolute Gasteiger partial charge is 0.420 e. The number of rotatable bonds is 8. The number of benzene rings is 2. The molecule has 0 spiro atoms. The Morgan fingerprint density at radius 1 is 1.15 bits per heavy atom. The lowest BCUT2D eigenvalue weighted by molar-refractivity contribution is -0.200. The zero-order chi connectivity index (χ0) is 28.8. The number of carboxylic acids is 1. The molecule has 1 fully saturated rings. The first-order valence-corrected chi connectivity index (χ1v) is 12.6. The second-order valence-corrected chi connectivity index (χ2v) is 10.8. The van der Waals surface area contributed by atoms with Gasteiger partial charge in [-0.25, -0.2) is 26.3 Å². The van der Waals surface area contributed by atoms with Gasteiger partial charge in [0.05, 0.1) is 11.3 Å². The molecule has 0 radical (unpaired) electrons. The Labute approximate surface area is 221 Å². The van der Waals surface area contributed by atoms with E-state index in [1.165, 1.54) is 17.0 Å². The van der Waals surface area contributed by atoms with E-state index in [0.717, 1.165) is 18.2 Å².